The van der Waals surface area contributed by atoms with Crippen LogP contribution in [0.2, 0.25) is 10.0 Å². The van der Waals surface area contributed by atoms with Crippen molar-refractivity contribution in [3.63, 3.8) is 0 Å². The van der Waals surface area contributed by atoms with E-state index in [4.69, 9.17) is 42.9 Å². The van der Waals surface area contributed by atoms with E-state index in [1.807, 2.05) is 0 Å². The highest BCUT2D eigenvalue weighted by Crippen LogP contribution is 2.28. The van der Waals surface area contributed by atoms with E-state index in [1.54, 1.807) is 25.1 Å². The third-order valence-electron chi connectivity index (χ3n) is 2.78. The number of aliphatic carboxylic acids is 2. The van der Waals surface area contributed by atoms with Crippen molar-refractivity contribution in [1.29, 1.82) is 0 Å². The average molecular weight is 512 g/mol. The first-order valence-corrected chi connectivity index (χ1v) is 11.2. The lowest BCUT2D eigenvalue weighted by molar-refractivity contribution is -0.192. The highest BCUT2D eigenvalue weighted by Gasteiger charge is 2.38. The van der Waals surface area contributed by atoms with E-state index in [2.05, 4.69) is 5.32 Å². The second kappa shape index (κ2) is 14.5. The highest BCUT2D eigenvalue weighted by molar-refractivity contribution is 8.76. The molecule has 0 aliphatic rings. The van der Waals surface area contributed by atoms with E-state index in [-0.39, 0.29) is 12.3 Å². The molecule has 1 rings (SSSR count). The molecule has 0 spiro atoms. The standard InChI is InChI=1S/C14H17Cl2NO4S2.C2HF3O2/c1-9(21-12-3-2-10(15)8-11(12)16)14(20)17-5-7-23-22-6-4-13(18)19;3-2(4,5)1(6)7/h2-3,8-9H,4-7H2,1H3,(H,17,20)(H,18,19);(H,6,7). The monoisotopic (exact) mass is 511 g/mol. The van der Waals surface area contributed by atoms with Gasteiger partial charge < -0.3 is 20.3 Å². The average Bonchev–Trinajstić information content (AvgIpc) is 2.62. The molecule has 0 aromatic heterocycles. The lowest BCUT2D eigenvalue weighted by Crippen LogP contribution is -2.37. The lowest BCUT2D eigenvalue weighted by Gasteiger charge is -2.15. The SMILES string of the molecule is CC(Oc1ccc(Cl)cc1Cl)C(=O)NCCSSCCC(=O)O.O=C(O)C(F)(F)F. The summed E-state index contributed by atoms with van der Waals surface area (Å²) < 4.78 is 37.2. The van der Waals surface area contributed by atoms with Gasteiger partial charge in [-0.25, -0.2) is 4.79 Å². The number of carbonyl (C=O) groups excluding carboxylic acids is 1. The first-order valence-electron chi connectivity index (χ1n) is 8.00. The Bertz CT molecular complexity index is 725. The van der Waals surface area contributed by atoms with Crippen molar-refractivity contribution < 1.29 is 42.5 Å². The molecule has 0 aliphatic carbocycles. The van der Waals surface area contributed by atoms with E-state index in [9.17, 15) is 22.8 Å². The van der Waals surface area contributed by atoms with Crippen molar-refractivity contribution in [2.24, 2.45) is 0 Å². The summed E-state index contributed by atoms with van der Waals surface area (Å²) in [5, 5.41) is 19.2. The van der Waals surface area contributed by atoms with Crippen molar-refractivity contribution >= 4 is 62.6 Å². The number of amides is 1. The fourth-order valence-electron chi connectivity index (χ4n) is 1.42. The van der Waals surface area contributed by atoms with Gasteiger partial charge >= 0.3 is 18.1 Å². The third kappa shape index (κ3) is 13.7. The maximum Gasteiger partial charge on any atom is 0.490 e. The second-order valence-corrected chi connectivity index (χ2v) is 8.76. The number of carbonyl (C=O) groups is 3. The summed E-state index contributed by atoms with van der Waals surface area (Å²) in [6.07, 6.45) is -5.63. The molecule has 0 fully saturated rings. The minimum Gasteiger partial charge on any atom is -0.481 e. The summed E-state index contributed by atoms with van der Waals surface area (Å²) in [4.78, 5) is 31.1. The zero-order chi connectivity index (χ0) is 23.3. The van der Waals surface area contributed by atoms with Crippen LogP contribution in [0.15, 0.2) is 18.2 Å². The van der Waals surface area contributed by atoms with E-state index < -0.39 is 24.2 Å². The summed E-state index contributed by atoms with van der Waals surface area (Å²) in [7, 11) is 2.99. The number of ether oxygens (including phenoxy) is 1. The van der Waals surface area contributed by atoms with Crippen LogP contribution in [0.1, 0.15) is 13.3 Å². The van der Waals surface area contributed by atoms with Crippen LogP contribution in [0.5, 0.6) is 5.75 Å². The van der Waals surface area contributed by atoms with E-state index in [0.717, 1.165) is 0 Å². The van der Waals surface area contributed by atoms with Gasteiger partial charge in [0.1, 0.15) is 5.75 Å². The number of halogens is 5. The molecular weight excluding hydrogens is 494 g/mol. The molecular formula is C16H18Cl2F3NO6S2. The van der Waals surface area contributed by atoms with Crippen molar-refractivity contribution in [2.75, 3.05) is 18.1 Å². The Morgan fingerprint density at radius 2 is 1.73 bits per heavy atom. The Morgan fingerprint density at radius 1 is 1.17 bits per heavy atom. The molecule has 1 aromatic rings. The zero-order valence-corrected chi connectivity index (χ0v) is 18.5. The molecule has 30 heavy (non-hydrogen) atoms. The van der Waals surface area contributed by atoms with Gasteiger partial charge in [0.2, 0.25) is 0 Å². The quantitative estimate of drug-likeness (QED) is 0.313. The molecule has 3 N–H and O–H groups in total. The molecule has 0 radical (unpaired) electrons. The Kier molecular flexibility index (Phi) is 13.8. The summed E-state index contributed by atoms with van der Waals surface area (Å²) in [6, 6.07) is 4.80. The predicted molar refractivity (Wildman–Crippen MR) is 110 cm³/mol. The Morgan fingerprint density at radius 3 is 2.23 bits per heavy atom. The molecule has 0 saturated heterocycles. The number of hydrogen-bond acceptors (Lipinski definition) is 6. The normalized spacial score (nSPS) is 11.7. The topological polar surface area (TPSA) is 113 Å². The molecule has 1 unspecified atom stereocenters. The van der Waals surface area contributed by atoms with Crippen LogP contribution in [-0.4, -0.2) is 58.4 Å². The van der Waals surface area contributed by atoms with Gasteiger partial charge in [-0.2, -0.15) is 13.2 Å². The van der Waals surface area contributed by atoms with Crippen LogP contribution >= 0.6 is 44.8 Å². The van der Waals surface area contributed by atoms with Crippen LogP contribution in [0.3, 0.4) is 0 Å². The van der Waals surface area contributed by atoms with E-state index >= 15 is 0 Å². The number of carboxylic acid groups (broad SMARTS) is 2. The second-order valence-electron chi connectivity index (χ2n) is 5.22. The summed E-state index contributed by atoms with van der Waals surface area (Å²) in [6.45, 7) is 2.11. The molecule has 0 heterocycles. The maximum absolute atomic E-state index is 11.9. The fraction of sp³-hybridized carbons (Fsp3) is 0.438. The number of rotatable bonds is 10. The molecule has 1 atom stereocenters. The first-order chi connectivity index (χ1) is 13.8. The minimum atomic E-state index is -5.08. The zero-order valence-electron chi connectivity index (χ0n) is 15.4. The maximum atomic E-state index is 11.9. The Labute approximate surface area is 188 Å². The molecule has 7 nitrogen and oxygen atoms in total. The van der Waals surface area contributed by atoms with Crippen molar-refractivity contribution in [1.82, 2.24) is 5.32 Å². The minimum absolute atomic E-state index is 0.136. The first kappa shape index (κ1) is 28.5. The number of hydrogen-bond donors (Lipinski definition) is 3. The lowest BCUT2D eigenvalue weighted by atomic mass is 10.3. The molecule has 0 saturated carbocycles. The molecule has 170 valence electrons. The summed E-state index contributed by atoms with van der Waals surface area (Å²) in [5.74, 6) is -2.18. The van der Waals surface area contributed by atoms with E-state index in [0.29, 0.717) is 33.8 Å². The van der Waals surface area contributed by atoms with Crippen LogP contribution in [0.4, 0.5) is 13.2 Å². The van der Waals surface area contributed by atoms with Crippen molar-refractivity contribution in [2.45, 2.75) is 25.6 Å². The number of alkyl halides is 3. The van der Waals surface area contributed by atoms with Crippen molar-refractivity contribution in [3.05, 3.63) is 28.2 Å². The number of benzene rings is 1. The molecule has 0 aliphatic heterocycles. The smallest absolute Gasteiger partial charge is 0.481 e. The van der Waals surface area contributed by atoms with Gasteiger partial charge in [0.05, 0.1) is 11.4 Å². The molecule has 14 heteroatoms. The third-order valence-corrected chi connectivity index (χ3v) is 5.72. The molecule has 0 bridgehead atoms. The van der Waals surface area contributed by atoms with Gasteiger partial charge in [-0.15, -0.1) is 0 Å². The predicted octanol–water partition coefficient (Wildman–Crippen LogP) is 4.37. The van der Waals surface area contributed by atoms with Crippen LogP contribution in [0, 0.1) is 0 Å². The molecule has 1 amide bonds. The summed E-state index contributed by atoms with van der Waals surface area (Å²) in [5.41, 5.74) is 0. The van der Waals surface area contributed by atoms with Gasteiger partial charge in [-0.3, -0.25) is 9.59 Å². The van der Waals surface area contributed by atoms with Crippen LogP contribution in [-0.2, 0) is 14.4 Å². The Balaban J connectivity index is 0.00000103. The molecule has 1 aromatic carbocycles. The van der Waals surface area contributed by atoms with Crippen LogP contribution in [0.25, 0.3) is 0 Å². The van der Waals surface area contributed by atoms with E-state index in [1.165, 1.54) is 21.6 Å². The van der Waals surface area contributed by atoms with Gasteiger partial charge in [-0.05, 0) is 25.1 Å². The van der Waals surface area contributed by atoms with Gasteiger partial charge in [0, 0.05) is 23.1 Å². The number of nitrogens with one attached hydrogen (secondary N) is 1. The van der Waals surface area contributed by atoms with Gasteiger partial charge in [0.25, 0.3) is 5.91 Å². The summed E-state index contributed by atoms with van der Waals surface area (Å²) >= 11 is 11.8. The number of carboxylic acids is 2. The highest BCUT2D eigenvalue weighted by atomic mass is 35.5. The fourth-order valence-corrected chi connectivity index (χ4v) is 3.76. The largest absolute Gasteiger partial charge is 0.490 e. The van der Waals surface area contributed by atoms with Crippen molar-refractivity contribution in [3.8, 4) is 5.75 Å². The van der Waals surface area contributed by atoms with Gasteiger partial charge in [-0.1, -0.05) is 44.8 Å². The van der Waals surface area contributed by atoms with Gasteiger partial charge in [0.15, 0.2) is 6.10 Å². The van der Waals surface area contributed by atoms with Crippen LogP contribution < -0.4 is 10.1 Å². The Hall–Kier alpha value is -1.50.